The molecule has 0 aromatic carbocycles. The number of nitrogens with zero attached hydrogens (tertiary/aromatic N) is 2. The minimum Gasteiger partial charge on any atom is -0.343 e. The summed E-state index contributed by atoms with van der Waals surface area (Å²) >= 11 is 0. The molecule has 2 aliphatic heterocycles. The molecular formula is C15H27N3O2. The Labute approximate surface area is 121 Å². The highest BCUT2D eigenvalue weighted by atomic mass is 16.2. The van der Waals surface area contributed by atoms with Crippen LogP contribution < -0.4 is 5.32 Å². The van der Waals surface area contributed by atoms with Gasteiger partial charge >= 0.3 is 0 Å². The van der Waals surface area contributed by atoms with Crippen molar-refractivity contribution in [2.75, 3.05) is 33.2 Å². The number of amides is 2. The standard InChI is InChI=1S/C15H27N3O2/c1-4-5-12-14(20)18(10-13(19)16-12)11-15(2)6-8-17(3)9-7-15/h12H,4-11H2,1-3H3,(H,16,19). The lowest BCUT2D eigenvalue weighted by molar-refractivity contribution is -0.146. The number of piperidine rings is 1. The summed E-state index contributed by atoms with van der Waals surface area (Å²) in [6, 6.07) is -0.309. The minimum absolute atomic E-state index is 0.0143. The fourth-order valence-corrected chi connectivity index (χ4v) is 3.17. The number of hydrogen-bond donors (Lipinski definition) is 1. The predicted molar refractivity (Wildman–Crippen MR) is 78.3 cm³/mol. The predicted octanol–water partition coefficient (Wildman–Crippen LogP) is 0.845. The number of likely N-dealkylation sites (tertiary alicyclic amines) is 1. The van der Waals surface area contributed by atoms with E-state index in [1.165, 1.54) is 0 Å². The third-order valence-electron chi connectivity index (χ3n) is 4.62. The number of piperazine rings is 1. The second-order valence-electron chi connectivity index (χ2n) is 6.72. The number of hydrogen-bond acceptors (Lipinski definition) is 3. The second kappa shape index (κ2) is 6.12. The van der Waals surface area contributed by atoms with E-state index in [0.717, 1.165) is 38.8 Å². The molecule has 1 N–H and O–H groups in total. The van der Waals surface area contributed by atoms with Gasteiger partial charge in [0.2, 0.25) is 11.8 Å². The highest BCUT2D eigenvalue weighted by Gasteiger charge is 2.37. The molecule has 2 aliphatic rings. The summed E-state index contributed by atoms with van der Waals surface area (Å²) in [7, 11) is 2.14. The zero-order valence-electron chi connectivity index (χ0n) is 12.9. The van der Waals surface area contributed by atoms with Gasteiger partial charge in [0.25, 0.3) is 0 Å². The Balaban J connectivity index is 2.00. The summed E-state index contributed by atoms with van der Waals surface area (Å²) < 4.78 is 0. The van der Waals surface area contributed by atoms with Crippen LogP contribution in [0.5, 0.6) is 0 Å². The lowest BCUT2D eigenvalue weighted by atomic mass is 9.79. The molecule has 2 heterocycles. The summed E-state index contributed by atoms with van der Waals surface area (Å²) in [6.45, 7) is 7.37. The van der Waals surface area contributed by atoms with Crippen LogP contribution in [0.15, 0.2) is 0 Å². The first kappa shape index (κ1) is 15.3. The monoisotopic (exact) mass is 281 g/mol. The lowest BCUT2D eigenvalue weighted by Gasteiger charge is -2.43. The van der Waals surface area contributed by atoms with Crippen molar-refractivity contribution in [3.05, 3.63) is 0 Å². The fraction of sp³-hybridized carbons (Fsp3) is 0.867. The van der Waals surface area contributed by atoms with Gasteiger partial charge in [-0.2, -0.15) is 0 Å². The van der Waals surface area contributed by atoms with Gasteiger partial charge in [-0.25, -0.2) is 0 Å². The zero-order chi connectivity index (χ0) is 14.8. The Morgan fingerprint density at radius 3 is 2.55 bits per heavy atom. The molecule has 2 saturated heterocycles. The Bertz CT molecular complexity index is 375. The molecule has 2 amide bonds. The van der Waals surface area contributed by atoms with Gasteiger partial charge in [0, 0.05) is 6.54 Å². The van der Waals surface area contributed by atoms with Crippen LogP contribution in [0, 0.1) is 5.41 Å². The van der Waals surface area contributed by atoms with E-state index in [9.17, 15) is 9.59 Å². The highest BCUT2D eigenvalue weighted by Crippen LogP contribution is 2.31. The van der Waals surface area contributed by atoms with E-state index in [4.69, 9.17) is 0 Å². The number of nitrogens with one attached hydrogen (secondary N) is 1. The van der Waals surface area contributed by atoms with Gasteiger partial charge in [-0.3, -0.25) is 9.59 Å². The van der Waals surface area contributed by atoms with Gasteiger partial charge in [0.05, 0.1) is 6.54 Å². The van der Waals surface area contributed by atoms with Crippen LogP contribution >= 0.6 is 0 Å². The number of carbonyl (C=O) groups is 2. The molecule has 0 radical (unpaired) electrons. The van der Waals surface area contributed by atoms with Crippen molar-refractivity contribution in [3.63, 3.8) is 0 Å². The van der Waals surface area contributed by atoms with Crippen LogP contribution in [0.2, 0.25) is 0 Å². The molecule has 114 valence electrons. The van der Waals surface area contributed by atoms with E-state index >= 15 is 0 Å². The van der Waals surface area contributed by atoms with E-state index < -0.39 is 0 Å². The smallest absolute Gasteiger partial charge is 0.245 e. The topological polar surface area (TPSA) is 52.7 Å². The molecule has 0 bridgehead atoms. The van der Waals surface area contributed by atoms with Gasteiger partial charge < -0.3 is 15.1 Å². The maximum Gasteiger partial charge on any atom is 0.245 e. The first-order valence-electron chi connectivity index (χ1n) is 7.70. The summed E-state index contributed by atoms with van der Waals surface area (Å²) in [5.41, 5.74) is 0.149. The molecule has 0 aromatic heterocycles. The second-order valence-corrected chi connectivity index (χ2v) is 6.72. The van der Waals surface area contributed by atoms with Gasteiger partial charge in [-0.05, 0) is 44.8 Å². The molecule has 2 fully saturated rings. The summed E-state index contributed by atoms with van der Waals surface area (Å²) in [5, 5.41) is 2.82. The van der Waals surface area contributed by atoms with E-state index in [0.29, 0.717) is 6.54 Å². The van der Waals surface area contributed by atoms with Crippen molar-refractivity contribution >= 4 is 11.8 Å². The normalized spacial score (nSPS) is 27.6. The van der Waals surface area contributed by atoms with Crippen molar-refractivity contribution in [1.82, 2.24) is 15.1 Å². The summed E-state index contributed by atoms with van der Waals surface area (Å²) in [6.07, 6.45) is 3.83. The molecule has 0 aromatic rings. The molecular weight excluding hydrogens is 254 g/mol. The van der Waals surface area contributed by atoms with Crippen LogP contribution in [0.4, 0.5) is 0 Å². The third kappa shape index (κ3) is 3.51. The Morgan fingerprint density at radius 2 is 1.95 bits per heavy atom. The minimum atomic E-state index is -0.309. The van der Waals surface area contributed by atoms with E-state index in [1.54, 1.807) is 4.90 Å². The largest absolute Gasteiger partial charge is 0.343 e. The SMILES string of the molecule is CCCC1NC(=O)CN(CC2(C)CCN(C)CC2)C1=O. The molecule has 0 aliphatic carbocycles. The van der Waals surface area contributed by atoms with Gasteiger partial charge in [-0.1, -0.05) is 20.3 Å². The van der Waals surface area contributed by atoms with Crippen molar-refractivity contribution in [1.29, 1.82) is 0 Å². The van der Waals surface area contributed by atoms with Crippen LogP contribution in [-0.2, 0) is 9.59 Å². The zero-order valence-corrected chi connectivity index (χ0v) is 12.9. The molecule has 0 saturated carbocycles. The van der Waals surface area contributed by atoms with Crippen molar-refractivity contribution in [2.24, 2.45) is 5.41 Å². The molecule has 5 nitrogen and oxygen atoms in total. The van der Waals surface area contributed by atoms with Crippen molar-refractivity contribution < 1.29 is 9.59 Å². The van der Waals surface area contributed by atoms with Crippen LogP contribution in [0.25, 0.3) is 0 Å². The molecule has 2 rings (SSSR count). The number of rotatable bonds is 4. The molecule has 1 unspecified atom stereocenters. The number of carbonyl (C=O) groups excluding carboxylic acids is 2. The Kier molecular flexibility index (Phi) is 4.68. The third-order valence-corrected chi connectivity index (χ3v) is 4.62. The van der Waals surface area contributed by atoms with Crippen LogP contribution in [0.1, 0.15) is 39.5 Å². The molecule has 5 heteroatoms. The Hall–Kier alpha value is -1.10. The van der Waals surface area contributed by atoms with Gasteiger partial charge in [0.1, 0.15) is 6.04 Å². The molecule has 20 heavy (non-hydrogen) atoms. The average Bonchev–Trinajstić information content (AvgIpc) is 2.39. The highest BCUT2D eigenvalue weighted by molar-refractivity contribution is 5.94. The maximum absolute atomic E-state index is 12.4. The first-order chi connectivity index (χ1) is 9.43. The van der Waals surface area contributed by atoms with E-state index in [-0.39, 0.29) is 29.8 Å². The first-order valence-corrected chi connectivity index (χ1v) is 7.70. The van der Waals surface area contributed by atoms with E-state index in [2.05, 4.69) is 24.2 Å². The average molecular weight is 281 g/mol. The fourth-order valence-electron chi connectivity index (χ4n) is 3.17. The van der Waals surface area contributed by atoms with Crippen molar-refractivity contribution in [2.45, 2.75) is 45.6 Å². The Morgan fingerprint density at radius 1 is 1.30 bits per heavy atom. The molecule has 0 spiro atoms. The van der Waals surface area contributed by atoms with E-state index in [1.807, 2.05) is 6.92 Å². The lowest BCUT2D eigenvalue weighted by Crippen LogP contribution is -2.60. The van der Waals surface area contributed by atoms with Crippen LogP contribution in [0.3, 0.4) is 0 Å². The quantitative estimate of drug-likeness (QED) is 0.831. The van der Waals surface area contributed by atoms with Gasteiger partial charge in [-0.15, -0.1) is 0 Å². The summed E-state index contributed by atoms with van der Waals surface area (Å²) in [4.78, 5) is 28.3. The van der Waals surface area contributed by atoms with Gasteiger partial charge in [0.15, 0.2) is 0 Å². The van der Waals surface area contributed by atoms with Crippen LogP contribution in [-0.4, -0.2) is 60.9 Å². The molecule has 1 atom stereocenters. The summed E-state index contributed by atoms with van der Waals surface area (Å²) in [5.74, 6) is 0.0891. The van der Waals surface area contributed by atoms with Crippen molar-refractivity contribution in [3.8, 4) is 0 Å². The maximum atomic E-state index is 12.4.